The summed E-state index contributed by atoms with van der Waals surface area (Å²) in [5.74, 6) is -0.147. The molecule has 0 aliphatic heterocycles. The van der Waals surface area contributed by atoms with E-state index in [0.717, 1.165) is 12.1 Å². The van der Waals surface area contributed by atoms with Gasteiger partial charge < -0.3 is 4.74 Å². The molecule has 2 nitrogen and oxygen atoms in total. The van der Waals surface area contributed by atoms with E-state index in [1.807, 2.05) is 0 Å². The zero-order valence-electron chi connectivity index (χ0n) is 9.38. The molecular formula is C12H13F3O2. The molecule has 0 aliphatic carbocycles. The van der Waals surface area contributed by atoms with Crippen LogP contribution in [0.15, 0.2) is 24.3 Å². The van der Waals surface area contributed by atoms with E-state index in [2.05, 4.69) is 0 Å². The van der Waals surface area contributed by atoms with E-state index in [-0.39, 0.29) is 18.8 Å². The molecule has 0 fully saturated rings. The van der Waals surface area contributed by atoms with Crippen molar-refractivity contribution in [1.82, 2.24) is 0 Å². The zero-order valence-corrected chi connectivity index (χ0v) is 9.38. The molecule has 94 valence electrons. The van der Waals surface area contributed by atoms with Crippen LogP contribution in [0.3, 0.4) is 0 Å². The zero-order chi connectivity index (χ0) is 12.9. The lowest BCUT2D eigenvalue weighted by atomic mass is 10.1. The predicted octanol–water partition coefficient (Wildman–Crippen LogP) is 2.85. The predicted molar refractivity (Wildman–Crippen MR) is 56.6 cm³/mol. The van der Waals surface area contributed by atoms with Crippen LogP contribution in [0.5, 0.6) is 0 Å². The summed E-state index contributed by atoms with van der Waals surface area (Å²) in [5.41, 5.74) is -0.152. The number of halogens is 3. The maximum Gasteiger partial charge on any atom is 0.416 e. The van der Waals surface area contributed by atoms with Crippen LogP contribution in [-0.2, 0) is 22.1 Å². The van der Waals surface area contributed by atoms with Crippen molar-refractivity contribution in [2.75, 3.05) is 13.2 Å². The van der Waals surface area contributed by atoms with Crippen molar-refractivity contribution in [3.8, 4) is 0 Å². The van der Waals surface area contributed by atoms with Gasteiger partial charge in [0.1, 0.15) is 6.61 Å². The second-order valence-electron chi connectivity index (χ2n) is 3.55. The monoisotopic (exact) mass is 246 g/mol. The Kier molecular flexibility index (Phi) is 4.69. The van der Waals surface area contributed by atoms with Gasteiger partial charge in [0.15, 0.2) is 5.78 Å². The van der Waals surface area contributed by atoms with Crippen LogP contribution >= 0.6 is 0 Å². The molecule has 0 radical (unpaired) electrons. The highest BCUT2D eigenvalue weighted by Gasteiger charge is 2.29. The first kappa shape index (κ1) is 13.7. The standard InChI is InChI=1S/C12H13F3O2/c1-2-17-8-11(16)7-9-3-5-10(6-4-9)12(13,14)15/h3-6H,2,7-8H2,1H3. The van der Waals surface area contributed by atoms with Crippen molar-refractivity contribution in [3.05, 3.63) is 35.4 Å². The first-order valence-electron chi connectivity index (χ1n) is 5.19. The molecule has 0 aromatic heterocycles. The highest BCUT2D eigenvalue weighted by molar-refractivity contribution is 5.82. The molecule has 0 saturated heterocycles. The second-order valence-corrected chi connectivity index (χ2v) is 3.55. The minimum atomic E-state index is -4.34. The van der Waals surface area contributed by atoms with Gasteiger partial charge in [-0.15, -0.1) is 0 Å². The molecule has 5 heteroatoms. The Balaban J connectivity index is 2.60. The normalized spacial score (nSPS) is 11.5. The fourth-order valence-electron chi connectivity index (χ4n) is 1.31. The number of carbonyl (C=O) groups excluding carboxylic acids is 1. The molecule has 0 aliphatic rings. The van der Waals surface area contributed by atoms with Gasteiger partial charge in [-0.05, 0) is 24.6 Å². The van der Waals surface area contributed by atoms with Crippen LogP contribution in [-0.4, -0.2) is 19.0 Å². The number of benzene rings is 1. The Labute approximate surface area is 97.4 Å². The molecule has 1 rings (SSSR count). The molecule has 0 bridgehead atoms. The first-order chi connectivity index (χ1) is 7.93. The molecule has 1 aromatic rings. The Morgan fingerprint density at radius 2 is 1.82 bits per heavy atom. The lowest BCUT2D eigenvalue weighted by Crippen LogP contribution is -2.11. The van der Waals surface area contributed by atoms with Crippen LogP contribution in [0, 0.1) is 0 Å². The minimum absolute atomic E-state index is 0.00246. The summed E-state index contributed by atoms with van der Waals surface area (Å²) in [6, 6.07) is 4.58. The van der Waals surface area contributed by atoms with Crippen LogP contribution < -0.4 is 0 Å². The molecule has 17 heavy (non-hydrogen) atoms. The van der Waals surface area contributed by atoms with Crippen molar-refractivity contribution in [1.29, 1.82) is 0 Å². The molecule has 0 spiro atoms. The molecule has 1 aromatic carbocycles. The third-order valence-electron chi connectivity index (χ3n) is 2.15. The average Bonchev–Trinajstić information content (AvgIpc) is 2.26. The van der Waals surface area contributed by atoms with Crippen molar-refractivity contribution in [2.24, 2.45) is 0 Å². The summed E-state index contributed by atoms with van der Waals surface area (Å²) in [6.45, 7) is 2.21. The molecule has 0 unspecified atom stereocenters. The van der Waals surface area contributed by atoms with E-state index in [4.69, 9.17) is 4.74 Å². The fourth-order valence-corrected chi connectivity index (χ4v) is 1.31. The second kappa shape index (κ2) is 5.82. The summed E-state index contributed by atoms with van der Waals surface area (Å²) in [6.07, 6.45) is -4.24. The van der Waals surface area contributed by atoms with E-state index in [0.29, 0.717) is 12.2 Å². The number of alkyl halides is 3. The summed E-state index contributed by atoms with van der Waals surface area (Å²) in [5, 5.41) is 0. The SMILES string of the molecule is CCOCC(=O)Cc1ccc(C(F)(F)F)cc1. The summed E-state index contributed by atoms with van der Waals surface area (Å²) >= 11 is 0. The molecule has 0 amide bonds. The summed E-state index contributed by atoms with van der Waals surface area (Å²) in [7, 11) is 0. The number of rotatable bonds is 5. The average molecular weight is 246 g/mol. The van der Waals surface area contributed by atoms with Gasteiger partial charge in [-0.3, -0.25) is 4.79 Å². The number of hydrogen-bond acceptors (Lipinski definition) is 2. The molecule has 0 saturated carbocycles. The fraction of sp³-hybridized carbons (Fsp3) is 0.417. The van der Waals surface area contributed by atoms with Crippen molar-refractivity contribution in [3.63, 3.8) is 0 Å². The van der Waals surface area contributed by atoms with Gasteiger partial charge in [0.2, 0.25) is 0 Å². The highest BCUT2D eigenvalue weighted by atomic mass is 19.4. The van der Waals surface area contributed by atoms with E-state index in [1.165, 1.54) is 12.1 Å². The lowest BCUT2D eigenvalue weighted by Gasteiger charge is -2.07. The van der Waals surface area contributed by atoms with Gasteiger partial charge in [-0.2, -0.15) is 13.2 Å². The van der Waals surface area contributed by atoms with Crippen LogP contribution in [0.4, 0.5) is 13.2 Å². The van der Waals surface area contributed by atoms with Gasteiger partial charge in [0.05, 0.1) is 5.56 Å². The van der Waals surface area contributed by atoms with E-state index in [9.17, 15) is 18.0 Å². The molecule has 0 N–H and O–H groups in total. The third kappa shape index (κ3) is 4.56. The Morgan fingerprint density at radius 1 is 1.24 bits per heavy atom. The topological polar surface area (TPSA) is 26.3 Å². The maximum atomic E-state index is 12.3. The van der Waals surface area contributed by atoms with Gasteiger partial charge in [0.25, 0.3) is 0 Å². The molecular weight excluding hydrogens is 233 g/mol. The smallest absolute Gasteiger partial charge is 0.374 e. The van der Waals surface area contributed by atoms with Gasteiger partial charge in [0, 0.05) is 13.0 Å². The Bertz CT molecular complexity index is 368. The van der Waals surface area contributed by atoms with Gasteiger partial charge in [-0.1, -0.05) is 12.1 Å². The summed E-state index contributed by atoms with van der Waals surface area (Å²) in [4.78, 5) is 11.3. The molecule has 0 heterocycles. The van der Waals surface area contributed by atoms with Crippen LogP contribution in [0.2, 0.25) is 0 Å². The van der Waals surface area contributed by atoms with Gasteiger partial charge >= 0.3 is 6.18 Å². The van der Waals surface area contributed by atoms with E-state index < -0.39 is 11.7 Å². The number of carbonyl (C=O) groups is 1. The maximum absolute atomic E-state index is 12.3. The quantitative estimate of drug-likeness (QED) is 0.798. The van der Waals surface area contributed by atoms with E-state index >= 15 is 0 Å². The van der Waals surface area contributed by atoms with E-state index in [1.54, 1.807) is 6.92 Å². The van der Waals surface area contributed by atoms with Crippen LogP contribution in [0.1, 0.15) is 18.1 Å². The van der Waals surface area contributed by atoms with Crippen molar-refractivity contribution in [2.45, 2.75) is 19.5 Å². The Hall–Kier alpha value is -1.36. The number of ketones is 1. The first-order valence-corrected chi connectivity index (χ1v) is 5.19. The van der Waals surface area contributed by atoms with Crippen molar-refractivity contribution >= 4 is 5.78 Å². The Morgan fingerprint density at radius 3 is 2.29 bits per heavy atom. The van der Waals surface area contributed by atoms with Gasteiger partial charge in [-0.25, -0.2) is 0 Å². The molecule has 0 atom stereocenters. The lowest BCUT2D eigenvalue weighted by molar-refractivity contribution is -0.137. The number of ether oxygens (including phenoxy) is 1. The number of Topliss-reactive ketones (excluding diaryl/α,β-unsaturated/α-hetero) is 1. The van der Waals surface area contributed by atoms with Crippen molar-refractivity contribution < 1.29 is 22.7 Å². The largest absolute Gasteiger partial charge is 0.416 e. The highest BCUT2D eigenvalue weighted by Crippen LogP contribution is 2.29. The third-order valence-corrected chi connectivity index (χ3v) is 2.15. The minimum Gasteiger partial charge on any atom is -0.374 e. The van der Waals surface area contributed by atoms with Crippen LogP contribution in [0.25, 0.3) is 0 Å². The summed E-state index contributed by atoms with van der Waals surface area (Å²) < 4.78 is 41.7. The number of hydrogen-bond donors (Lipinski definition) is 0.